The van der Waals surface area contributed by atoms with Gasteiger partial charge in [-0.3, -0.25) is 9.59 Å². The van der Waals surface area contributed by atoms with Gasteiger partial charge in [0.2, 0.25) is 0 Å². The predicted molar refractivity (Wildman–Crippen MR) is 102 cm³/mol. The Morgan fingerprint density at radius 2 is 1.85 bits per heavy atom. The summed E-state index contributed by atoms with van der Waals surface area (Å²) in [6.07, 6.45) is 0.426. The first-order chi connectivity index (χ1) is 13.0. The second kappa shape index (κ2) is 8.49. The standard InChI is InChI=1S/C21H22N2O4/c1-14(2)15-7-9-16(10-8-15)22-19(24)13-26-21(25)12-11-20-23-17-5-3-4-6-18(17)27-20/h3-10,14H,11-13H2,1-2H3,(H,22,24). The highest BCUT2D eigenvalue weighted by Crippen LogP contribution is 2.17. The summed E-state index contributed by atoms with van der Waals surface area (Å²) in [6, 6.07) is 15.0. The number of carbonyl (C=O) groups is 2. The number of anilines is 1. The molecule has 1 aromatic heterocycles. The maximum absolute atomic E-state index is 11.9. The molecule has 27 heavy (non-hydrogen) atoms. The molecule has 0 fully saturated rings. The Morgan fingerprint density at radius 3 is 2.56 bits per heavy atom. The largest absolute Gasteiger partial charge is 0.456 e. The van der Waals surface area contributed by atoms with Crippen LogP contribution in [0.3, 0.4) is 0 Å². The molecular weight excluding hydrogens is 344 g/mol. The molecule has 1 N–H and O–H groups in total. The first-order valence-corrected chi connectivity index (χ1v) is 8.91. The van der Waals surface area contributed by atoms with E-state index in [0.29, 0.717) is 29.5 Å². The lowest BCUT2D eigenvalue weighted by Gasteiger charge is -2.09. The molecule has 0 saturated heterocycles. The van der Waals surface area contributed by atoms with E-state index < -0.39 is 5.97 Å². The fourth-order valence-corrected chi connectivity index (χ4v) is 2.60. The number of aromatic nitrogens is 1. The van der Waals surface area contributed by atoms with Crippen LogP contribution >= 0.6 is 0 Å². The van der Waals surface area contributed by atoms with Crippen LogP contribution in [0.15, 0.2) is 52.9 Å². The quantitative estimate of drug-likeness (QED) is 0.638. The molecule has 140 valence electrons. The lowest BCUT2D eigenvalue weighted by Crippen LogP contribution is -2.21. The zero-order valence-corrected chi connectivity index (χ0v) is 15.4. The van der Waals surface area contributed by atoms with Gasteiger partial charge in [0.25, 0.3) is 5.91 Å². The van der Waals surface area contributed by atoms with Crippen LogP contribution in [0.2, 0.25) is 0 Å². The lowest BCUT2D eigenvalue weighted by molar-refractivity contribution is -0.147. The molecule has 0 unspecified atom stereocenters. The van der Waals surface area contributed by atoms with E-state index in [-0.39, 0.29) is 18.9 Å². The van der Waals surface area contributed by atoms with Gasteiger partial charge in [-0.25, -0.2) is 4.98 Å². The van der Waals surface area contributed by atoms with Crippen molar-refractivity contribution in [2.45, 2.75) is 32.6 Å². The highest BCUT2D eigenvalue weighted by molar-refractivity contribution is 5.92. The number of nitrogens with one attached hydrogen (secondary N) is 1. The number of hydrogen-bond acceptors (Lipinski definition) is 5. The third-order valence-corrected chi connectivity index (χ3v) is 4.11. The summed E-state index contributed by atoms with van der Waals surface area (Å²) in [5, 5.41) is 2.71. The number of nitrogens with zero attached hydrogens (tertiary/aromatic N) is 1. The average molecular weight is 366 g/mol. The van der Waals surface area contributed by atoms with E-state index in [1.165, 1.54) is 5.56 Å². The van der Waals surface area contributed by atoms with Crippen LogP contribution in [0, 0.1) is 0 Å². The SMILES string of the molecule is CC(C)c1ccc(NC(=O)COC(=O)CCc2nc3ccccc3o2)cc1. The summed E-state index contributed by atoms with van der Waals surface area (Å²) in [6.45, 7) is 3.89. The van der Waals surface area contributed by atoms with Gasteiger partial charge in [-0.05, 0) is 35.7 Å². The summed E-state index contributed by atoms with van der Waals surface area (Å²) < 4.78 is 10.6. The number of esters is 1. The molecule has 0 atom stereocenters. The van der Waals surface area contributed by atoms with Crippen molar-refractivity contribution in [3.05, 3.63) is 60.0 Å². The topological polar surface area (TPSA) is 81.4 Å². The van der Waals surface area contributed by atoms with E-state index in [9.17, 15) is 9.59 Å². The van der Waals surface area contributed by atoms with Gasteiger partial charge in [0.05, 0.1) is 6.42 Å². The first kappa shape index (κ1) is 18.6. The van der Waals surface area contributed by atoms with Gasteiger partial charge in [-0.2, -0.15) is 0 Å². The Morgan fingerprint density at radius 1 is 1.11 bits per heavy atom. The van der Waals surface area contributed by atoms with Crippen molar-refractivity contribution in [3.63, 3.8) is 0 Å². The summed E-state index contributed by atoms with van der Waals surface area (Å²) in [5.74, 6) is 0.0601. The molecule has 0 aliphatic heterocycles. The summed E-state index contributed by atoms with van der Waals surface area (Å²) in [4.78, 5) is 28.0. The predicted octanol–water partition coefficient (Wildman–Crippen LogP) is 4.07. The van der Waals surface area contributed by atoms with E-state index in [1.807, 2.05) is 48.5 Å². The van der Waals surface area contributed by atoms with Crippen molar-refractivity contribution in [1.29, 1.82) is 0 Å². The van der Waals surface area contributed by atoms with Crippen molar-refractivity contribution >= 4 is 28.7 Å². The number of rotatable bonds is 7. The molecule has 3 rings (SSSR count). The second-order valence-corrected chi connectivity index (χ2v) is 6.56. The zero-order chi connectivity index (χ0) is 19.2. The monoisotopic (exact) mass is 366 g/mol. The summed E-state index contributed by atoms with van der Waals surface area (Å²) >= 11 is 0. The third kappa shape index (κ3) is 5.17. The Kier molecular flexibility index (Phi) is 5.86. The molecule has 0 radical (unpaired) electrons. The van der Waals surface area contributed by atoms with E-state index in [4.69, 9.17) is 9.15 Å². The van der Waals surface area contributed by atoms with Crippen LogP contribution in [0.25, 0.3) is 11.1 Å². The third-order valence-electron chi connectivity index (χ3n) is 4.11. The number of oxazole rings is 1. The van der Waals surface area contributed by atoms with Crippen LogP contribution in [0.4, 0.5) is 5.69 Å². The molecule has 6 heteroatoms. The van der Waals surface area contributed by atoms with Crippen molar-refractivity contribution in [1.82, 2.24) is 4.98 Å². The van der Waals surface area contributed by atoms with Crippen LogP contribution in [0.5, 0.6) is 0 Å². The van der Waals surface area contributed by atoms with Gasteiger partial charge >= 0.3 is 5.97 Å². The fraction of sp³-hybridized carbons (Fsp3) is 0.286. The highest BCUT2D eigenvalue weighted by Gasteiger charge is 2.11. The lowest BCUT2D eigenvalue weighted by atomic mass is 10.0. The molecule has 0 spiro atoms. The van der Waals surface area contributed by atoms with Crippen LogP contribution in [-0.2, 0) is 20.7 Å². The molecule has 3 aromatic rings. The van der Waals surface area contributed by atoms with Gasteiger partial charge in [0.1, 0.15) is 5.52 Å². The Balaban J connectivity index is 1.42. The zero-order valence-electron chi connectivity index (χ0n) is 15.4. The summed E-state index contributed by atoms with van der Waals surface area (Å²) in [5.41, 5.74) is 3.30. The van der Waals surface area contributed by atoms with Crippen LogP contribution < -0.4 is 5.32 Å². The minimum Gasteiger partial charge on any atom is -0.456 e. The molecular formula is C21H22N2O4. The minimum absolute atomic E-state index is 0.100. The van der Waals surface area contributed by atoms with Crippen molar-refractivity contribution in [2.75, 3.05) is 11.9 Å². The number of hydrogen-bond donors (Lipinski definition) is 1. The number of amides is 1. The van der Waals surface area contributed by atoms with Crippen molar-refractivity contribution in [2.24, 2.45) is 0 Å². The van der Waals surface area contributed by atoms with Crippen molar-refractivity contribution < 1.29 is 18.7 Å². The van der Waals surface area contributed by atoms with E-state index in [1.54, 1.807) is 0 Å². The molecule has 0 saturated carbocycles. The minimum atomic E-state index is -0.470. The molecule has 2 aromatic carbocycles. The fourth-order valence-electron chi connectivity index (χ4n) is 2.60. The first-order valence-electron chi connectivity index (χ1n) is 8.91. The van der Waals surface area contributed by atoms with Gasteiger partial charge in [0, 0.05) is 12.1 Å². The van der Waals surface area contributed by atoms with Gasteiger partial charge in [0.15, 0.2) is 18.1 Å². The smallest absolute Gasteiger partial charge is 0.306 e. The number of fused-ring (bicyclic) bond motifs is 1. The molecule has 1 heterocycles. The second-order valence-electron chi connectivity index (χ2n) is 6.56. The molecule has 1 amide bonds. The number of para-hydroxylation sites is 2. The normalized spacial score (nSPS) is 10.9. The average Bonchev–Trinajstić information content (AvgIpc) is 3.08. The number of benzene rings is 2. The van der Waals surface area contributed by atoms with E-state index in [0.717, 1.165) is 5.52 Å². The number of ether oxygens (including phenoxy) is 1. The highest BCUT2D eigenvalue weighted by atomic mass is 16.5. The van der Waals surface area contributed by atoms with Gasteiger partial charge in [-0.1, -0.05) is 38.1 Å². The summed E-state index contributed by atoms with van der Waals surface area (Å²) in [7, 11) is 0. The Bertz CT molecular complexity index is 896. The molecule has 6 nitrogen and oxygen atoms in total. The van der Waals surface area contributed by atoms with Gasteiger partial charge < -0.3 is 14.5 Å². The van der Waals surface area contributed by atoms with Crippen molar-refractivity contribution in [3.8, 4) is 0 Å². The molecule has 0 aliphatic rings. The Hall–Kier alpha value is -3.15. The van der Waals surface area contributed by atoms with E-state index in [2.05, 4.69) is 24.1 Å². The van der Waals surface area contributed by atoms with Gasteiger partial charge in [-0.15, -0.1) is 0 Å². The maximum atomic E-state index is 11.9. The number of carbonyl (C=O) groups excluding carboxylic acids is 2. The molecule has 0 aliphatic carbocycles. The molecule has 0 bridgehead atoms. The number of aryl methyl sites for hydroxylation is 1. The van der Waals surface area contributed by atoms with Crippen LogP contribution in [0.1, 0.15) is 37.6 Å². The van der Waals surface area contributed by atoms with E-state index >= 15 is 0 Å². The Labute approximate surface area is 157 Å². The van der Waals surface area contributed by atoms with Crippen LogP contribution in [-0.4, -0.2) is 23.5 Å². The maximum Gasteiger partial charge on any atom is 0.306 e.